The molecule has 0 radical (unpaired) electrons. The van der Waals surface area contributed by atoms with E-state index in [9.17, 15) is 4.79 Å². The normalized spacial score (nSPS) is 31.4. The zero-order valence-electron chi connectivity index (χ0n) is 13.5. The van der Waals surface area contributed by atoms with E-state index in [1.54, 1.807) is 0 Å². The van der Waals surface area contributed by atoms with Crippen LogP contribution in [0.2, 0.25) is 0 Å². The minimum atomic E-state index is 0.453. The van der Waals surface area contributed by atoms with Crippen molar-refractivity contribution in [3.05, 3.63) is 0 Å². The van der Waals surface area contributed by atoms with Gasteiger partial charge in [0.2, 0.25) is 0 Å². The van der Waals surface area contributed by atoms with Crippen LogP contribution in [0.3, 0.4) is 0 Å². The van der Waals surface area contributed by atoms with Gasteiger partial charge < -0.3 is 0 Å². The number of ketones is 1. The molecule has 0 saturated heterocycles. The van der Waals surface area contributed by atoms with Gasteiger partial charge in [-0.25, -0.2) is 0 Å². The predicted molar refractivity (Wildman–Crippen MR) is 85.8 cm³/mol. The Morgan fingerprint density at radius 2 is 1.65 bits per heavy atom. The fourth-order valence-corrected chi connectivity index (χ4v) is 4.42. The molecule has 0 spiro atoms. The van der Waals surface area contributed by atoms with Gasteiger partial charge in [-0.2, -0.15) is 0 Å². The molecule has 0 bridgehead atoms. The summed E-state index contributed by atoms with van der Waals surface area (Å²) in [5.74, 6) is 2.78. The number of rotatable bonds is 7. The topological polar surface area (TPSA) is 17.1 Å². The smallest absolute Gasteiger partial charge is 0.136 e. The molecule has 0 aliphatic heterocycles. The van der Waals surface area contributed by atoms with Crippen LogP contribution in [-0.2, 0) is 4.79 Å². The molecule has 0 amide bonds. The number of hydrogen-bond acceptors (Lipinski definition) is 1. The molecule has 2 aliphatic rings. The van der Waals surface area contributed by atoms with Crippen molar-refractivity contribution in [3.8, 4) is 0 Å². The van der Waals surface area contributed by atoms with Gasteiger partial charge in [-0.3, -0.25) is 4.79 Å². The zero-order chi connectivity index (χ0) is 14.2. The van der Waals surface area contributed by atoms with Crippen molar-refractivity contribution >= 4 is 5.78 Å². The van der Waals surface area contributed by atoms with Crippen LogP contribution >= 0.6 is 0 Å². The lowest BCUT2D eigenvalue weighted by atomic mass is 9.70. The second-order valence-corrected chi connectivity index (χ2v) is 7.30. The van der Waals surface area contributed by atoms with E-state index in [0.29, 0.717) is 11.7 Å². The van der Waals surface area contributed by atoms with Crippen LogP contribution in [-0.4, -0.2) is 5.78 Å². The average Bonchev–Trinajstić information content (AvgIpc) is 2.48. The number of carbonyl (C=O) groups excluding carboxylic acids is 1. The zero-order valence-corrected chi connectivity index (χ0v) is 13.5. The summed E-state index contributed by atoms with van der Waals surface area (Å²) in [6, 6.07) is 0. The molecule has 0 aromatic rings. The predicted octanol–water partition coefficient (Wildman–Crippen LogP) is 5.91. The van der Waals surface area contributed by atoms with Gasteiger partial charge in [0.15, 0.2) is 0 Å². The molecule has 2 rings (SSSR count). The standard InChI is InChI=1S/C19H34O/c1-2-3-4-5-6-9-16-12-14-17(15-13-16)18-10-7-8-11-19(18)20/h16-18H,2-15H2,1H3. The first-order chi connectivity index (χ1) is 9.81. The fourth-order valence-electron chi connectivity index (χ4n) is 4.42. The van der Waals surface area contributed by atoms with Gasteiger partial charge in [-0.05, 0) is 37.5 Å². The van der Waals surface area contributed by atoms with Crippen LogP contribution in [0.25, 0.3) is 0 Å². The first-order valence-corrected chi connectivity index (χ1v) is 9.34. The second kappa shape index (κ2) is 8.85. The van der Waals surface area contributed by atoms with Gasteiger partial charge in [0.1, 0.15) is 5.78 Å². The second-order valence-electron chi connectivity index (χ2n) is 7.30. The van der Waals surface area contributed by atoms with Crippen LogP contribution < -0.4 is 0 Å². The molecule has 2 saturated carbocycles. The Morgan fingerprint density at radius 3 is 2.35 bits per heavy atom. The van der Waals surface area contributed by atoms with Crippen molar-refractivity contribution < 1.29 is 4.79 Å². The Kier molecular flexibility index (Phi) is 7.10. The van der Waals surface area contributed by atoms with Gasteiger partial charge in [-0.15, -0.1) is 0 Å². The summed E-state index contributed by atoms with van der Waals surface area (Å²) in [5, 5.41) is 0. The number of hydrogen-bond donors (Lipinski definition) is 0. The molecule has 0 N–H and O–H groups in total. The Bertz CT molecular complexity index is 275. The maximum atomic E-state index is 12.0. The van der Waals surface area contributed by atoms with E-state index in [2.05, 4.69) is 6.92 Å². The molecule has 0 aromatic heterocycles. The lowest BCUT2D eigenvalue weighted by Crippen LogP contribution is -2.30. The fraction of sp³-hybridized carbons (Fsp3) is 0.947. The maximum absolute atomic E-state index is 12.0. The molecule has 20 heavy (non-hydrogen) atoms. The highest BCUT2D eigenvalue weighted by Gasteiger charge is 2.32. The molecule has 2 aliphatic carbocycles. The molecular formula is C19H34O. The van der Waals surface area contributed by atoms with Crippen molar-refractivity contribution in [2.24, 2.45) is 17.8 Å². The SMILES string of the molecule is CCCCCCCC1CCC(C2CCCCC2=O)CC1. The summed E-state index contributed by atoms with van der Waals surface area (Å²) in [4.78, 5) is 12.0. The summed E-state index contributed by atoms with van der Waals surface area (Å²) in [6.07, 6.45) is 18.6. The van der Waals surface area contributed by atoms with E-state index in [1.165, 1.54) is 77.0 Å². The van der Waals surface area contributed by atoms with E-state index in [0.717, 1.165) is 24.7 Å². The molecule has 1 heteroatoms. The first kappa shape index (κ1) is 16.0. The Morgan fingerprint density at radius 1 is 0.900 bits per heavy atom. The van der Waals surface area contributed by atoms with Gasteiger partial charge in [0.25, 0.3) is 0 Å². The monoisotopic (exact) mass is 278 g/mol. The molecule has 1 atom stereocenters. The molecule has 1 nitrogen and oxygen atoms in total. The summed E-state index contributed by atoms with van der Waals surface area (Å²) in [7, 11) is 0. The van der Waals surface area contributed by atoms with Crippen molar-refractivity contribution in [2.45, 2.75) is 96.8 Å². The van der Waals surface area contributed by atoms with Crippen molar-refractivity contribution in [1.82, 2.24) is 0 Å². The van der Waals surface area contributed by atoms with Crippen LogP contribution in [0.1, 0.15) is 96.8 Å². The highest BCUT2D eigenvalue weighted by Crippen LogP contribution is 2.39. The highest BCUT2D eigenvalue weighted by molar-refractivity contribution is 5.81. The highest BCUT2D eigenvalue weighted by atomic mass is 16.1. The Labute approximate surface area is 125 Å². The van der Waals surface area contributed by atoms with E-state index in [4.69, 9.17) is 0 Å². The summed E-state index contributed by atoms with van der Waals surface area (Å²) in [6.45, 7) is 2.29. The lowest BCUT2D eigenvalue weighted by Gasteiger charge is -2.35. The number of Topliss-reactive ketones (excluding diaryl/α,β-unsaturated/α-hetero) is 1. The van der Waals surface area contributed by atoms with Gasteiger partial charge in [0.05, 0.1) is 0 Å². The third-order valence-corrected chi connectivity index (χ3v) is 5.78. The van der Waals surface area contributed by atoms with Crippen LogP contribution in [0.15, 0.2) is 0 Å². The quantitative estimate of drug-likeness (QED) is 0.529. The largest absolute Gasteiger partial charge is 0.299 e. The number of unbranched alkanes of at least 4 members (excludes halogenated alkanes) is 4. The van der Waals surface area contributed by atoms with Crippen molar-refractivity contribution in [2.75, 3.05) is 0 Å². The summed E-state index contributed by atoms with van der Waals surface area (Å²) < 4.78 is 0. The van der Waals surface area contributed by atoms with E-state index < -0.39 is 0 Å². The summed E-state index contributed by atoms with van der Waals surface area (Å²) in [5.41, 5.74) is 0. The Hall–Kier alpha value is -0.330. The Balaban J connectivity index is 1.61. The van der Waals surface area contributed by atoms with E-state index in [1.807, 2.05) is 0 Å². The molecule has 0 heterocycles. The third kappa shape index (κ3) is 4.90. The third-order valence-electron chi connectivity index (χ3n) is 5.78. The van der Waals surface area contributed by atoms with Gasteiger partial charge in [-0.1, -0.05) is 64.7 Å². The lowest BCUT2D eigenvalue weighted by molar-refractivity contribution is -0.127. The van der Waals surface area contributed by atoms with E-state index in [-0.39, 0.29) is 0 Å². The van der Waals surface area contributed by atoms with Gasteiger partial charge >= 0.3 is 0 Å². The van der Waals surface area contributed by atoms with Crippen LogP contribution in [0.4, 0.5) is 0 Å². The van der Waals surface area contributed by atoms with Crippen LogP contribution in [0.5, 0.6) is 0 Å². The molecule has 2 fully saturated rings. The minimum Gasteiger partial charge on any atom is -0.299 e. The van der Waals surface area contributed by atoms with E-state index >= 15 is 0 Å². The average molecular weight is 278 g/mol. The summed E-state index contributed by atoms with van der Waals surface area (Å²) >= 11 is 0. The van der Waals surface area contributed by atoms with Crippen molar-refractivity contribution in [1.29, 1.82) is 0 Å². The van der Waals surface area contributed by atoms with Crippen molar-refractivity contribution in [3.63, 3.8) is 0 Å². The van der Waals surface area contributed by atoms with Crippen LogP contribution in [0, 0.1) is 17.8 Å². The van der Waals surface area contributed by atoms with Gasteiger partial charge in [0, 0.05) is 12.3 Å². The molecular weight excluding hydrogens is 244 g/mol. The number of carbonyl (C=O) groups is 1. The molecule has 116 valence electrons. The maximum Gasteiger partial charge on any atom is 0.136 e. The minimum absolute atomic E-state index is 0.453. The molecule has 1 unspecified atom stereocenters. The molecule has 0 aromatic carbocycles. The first-order valence-electron chi connectivity index (χ1n) is 9.34.